The van der Waals surface area contributed by atoms with E-state index in [1.165, 1.54) is 13.0 Å². The second-order valence-electron chi connectivity index (χ2n) is 6.47. The van der Waals surface area contributed by atoms with Crippen molar-refractivity contribution < 1.29 is 4.79 Å². The van der Waals surface area contributed by atoms with Gasteiger partial charge in [-0.15, -0.1) is 11.3 Å². The molecular weight excluding hydrogens is 296 g/mol. The van der Waals surface area contributed by atoms with E-state index in [0.717, 1.165) is 28.9 Å². The number of anilines is 1. The number of carbonyl (C=O) groups excluding carboxylic acids is 1. The van der Waals surface area contributed by atoms with E-state index in [2.05, 4.69) is 25.5 Å². The summed E-state index contributed by atoms with van der Waals surface area (Å²) >= 11 is 1.66. The molecular formula is C16H20N4OS. The molecule has 116 valence electrons. The van der Waals surface area contributed by atoms with Gasteiger partial charge in [0.2, 0.25) is 0 Å². The number of amides is 1. The van der Waals surface area contributed by atoms with Gasteiger partial charge < -0.3 is 15.1 Å². The summed E-state index contributed by atoms with van der Waals surface area (Å²) in [5.74, 6) is 0.572. The zero-order chi connectivity index (χ0) is 15.3. The number of nitrogens with one attached hydrogen (secondary N) is 1. The van der Waals surface area contributed by atoms with Crippen LogP contribution in [-0.2, 0) is 0 Å². The van der Waals surface area contributed by atoms with Crippen LogP contribution in [0.1, 0.15) is 16.9 Å². The van der Waals surface area contributed by atoms with Crippen LogP contribution in [0.5, 0.6) is 0 Å². The Balaban J connectivity index is 1.57. The number of rotatable bonds is 3. The molecule has 4 rings (SSSR count). The van der Waals surface area contributed by atoms with Crippen molar-refractivity contribution in [3.63, 3.8) is 0 Å². The van der Waals surface area contributed by atoms with Crippen LogP contribution in [0.3, 0.4) is 0 Å². The normalized spacial score (nSPS) is 26.5. The first kappa shape index (κ1) is 14.0. The smallest absolute Gasteiger partial charge is 0.270 e. The molecule has 1 N–H and O–H groups in total. The van der Waals surface area contributed by atoms with Gasteiger partial charge in [-0.1, -0.05) is 0 Å². The molecule has 0 spiro atoms. The molecule has 0 aliphatic carbocycles. The molecule has 2 saturated heterocycles. The average Bonchev–Trinajstić information content (AvgIpc) is 3.20. The molecule has 0 aromatic carbocycles. The summed E-state index contributed by atoms with van der Waals surface area (Å²) in [6, 6.07) is 2.21. The van der Waals surface area contributed by atoms with Gasteiger partial charge in [0.05, 0.1) is 10.4 Å². The van der Waals surface area contributed by atoms with Gasteiger partial charge in [-0.3, -0.25) is 4.79 Å². The second kappa shape index (κ2) is 5.21. The van der Waals surface area contributed by atoms with Gasteiger partial charge >= 0.3 is 0 Å². The van der Waals surface area contributed by atoms with Gasteiger partial charge in [0.1, 0.15) is 5.69 Å². The Bertz CT molecular complexity index is 726. The van der Waals surface area contributed by atoms with Crippen molar-refractivity contribution in [1.29, 1.82) is 0 Å². The standard InChI is InChI=1S/C16H20N4OS/c1-19(2)14-9-22-15-6-17-12(5-11(14)15)16(21)18-13-8-20-4-3-10(13)7-20/h5-6,9-10,13H,3-4,7-8H2,1-2H3,(H,18,21)/t10-,13?/m0/s1. The van der Waals surface area contributed by atoms with E-state index >= 15 is 0 Å². The Morgan fingerprint density at radius 1 is 1.45 bits per heavy atom. The molecule has 2 aliphatic rings. The van der Waals surface area contributed by atoms with Crippen molar-refractivity contribution in [3.05, 3.63) is 23.3 Å². The minimum absolute atomic E-state index is 0.0449. The highest BCUT2D eigenvalue weighted by molar-refractivity contribution is 7.17. The summed E-state index contributed by atoms with van der Waals surface area (Å²) in [4.78, 5) is 21.4. The summed E-state index contributed by atoms with van der Waals surface area (Å²) in [7, 11) is 4.04. The minimum atomic E-state index is -0.0449. The molecule has 22 heavy (non-hydrogen) atoms. The zero-order valence-electron chi connectivity index (χ0n) is 12.9. The van der Waals surface area contributed by atoms with Gasteiger partial charge in [0, 0.05) is 50.2 Å². The first-order valence-electron chi connectivity index (χ1n) is 7.69. The van der Waals surface area contributed by atoms with Crippen LogP contribution >= 0.6 is 11.3 Å². The molecule has 3 atom stereocenters. The van der Waals surface area contributed by atoms with E-state index in [9.17, 15) is 4.79 Å². The maximum Gasteiger partial charge on any atom is 0.270 e. The molecule has 0 saturated carbocycles. The third kappa shape index (κ3) is 2.27. The highest BCUT2D eigenvalue weighted by atomic mass is 32.1. The number of pyridine rings is 1. The molecule has 0 radical (unpaired) electrons. The molecule has 2 aliphatic heterocycles. The van der Waals surface area contributed by atoms with Gasteiger partial charge in [-0.2, -0.15) is 0 Å². The van der Waals surface area contributed by atoms with Crippen molar-refractivity contribution in [2.45, 2.75) is 12.5 Å². The number of aromatic nitrogens is 1. The summed E-state index contributed by atoms with van der Waals surface area (Å²) in [6.07, 6.45) is 3.01. The largest absolute Gasteiger partial charge is 0.376 e. The molecule has 6 heteroatoms. The van der Waals surface area contributed by atoms with Crippen LogP contribution in [0.25, 0.3) is 10.1 Å². The first-order valence-corrected chi connectivity index (χ1v) is 8.57. The fourth-order valence-electron chi connectivity index (χ4n) is 3.58. The van der Waals surface area contributed by atoms with E-state index < -0.39 is 0 Å². The Morgan fingerprint density at radius 3 is 3.00 bits per heavy atom. The van der Waals surface area contributed by atoms with Crippen molar-refractivity contribution in [2.75, 3.05) is 38.6 Å². The molecule has 4 heterocycles. The maximum absolute atomic E-state index is 12.5. The molecule has 2 unspecified atom stereocenters. The highest BCUT2D eigenvalue weighted by Gasteiger charge is 2.38. The molecule has 1 amide bonds. The fraction of sp³-hybridized carbons (Fsp3) is 0.500. The van der Waals surface area contributed by atoms with Gasteiger partial charge in [-0.05, 0) is 24.9 Å². The minimum Gasteiger partial charge on any atom is -0.376 e. The molecule has 2 bridgehead atoms. The fourth-order valence-corrected chi connectivity index (χ4v) is 4.56. The van der Waals surface area contributed by atoms with E-state index in [-0.39, 0.29) is 11.9 Å². The summed E-state index contributed by atoms with van der Waals surface area (Å²) in [5.41, 5.74) is 1.66. The summed E-state index contributed by atoms with van der Waals surface area (Å²) < 4.78 is 1.12. The topological polar surface area (TPSA) is 48.5 Å². The van der Waals surface area contributed by atoms with Crippen LogP contribution in [0, 0.1) is 5.92 Å². The Hall–Kier alpha value is -1.66. The van der Waals surface area contributed by atoms with Crippen molar-refractivity contribution >= 4 is 33.0 Å². The molecule has 2 fully saturated rings. The SMILES string of the molecule is CN(C)c1csc2cnc(C(=O)NC3CN4CC[C@H]3C4)cc12. The van der Waals surface area contributed by atoms with Crippen LogP contribution in [-0.4, -0.2) is 55.6 Å². The predicted molar refractivity (Wildman–Crippen MR) is 89.7 cm³/mol. The monoisotopic (exact) mass is 316 g/mol. The number of nitrogens with zero attached hydrogens (tertiary/aromatic N) is 3. The average molecular weight is 316 g/mol. The summed E-state index contributed by atoms with van der Waals surface area (Å²) in [6.45, 7) is 3.30. The predicted octanol–water partition coefficient (Wildman–Crippen LogP) is 1.80. The zero-order valence-corrected chi connectivity index (χ0v) is 13.7. The van der Waals surface area contributed by atoms with Crippen molar-refractivity contribution in [3.8, 4) is 0 Å². The molecule has 2 aromatic rings. The lowest BCUT2D eigenvalue weighted by Gasteiger charge is -2.23. The van der Waals surface area contributed by atoms with E-state index in [1.54, 1.807) is 11.3 Å². The molecule has 5 nitrogen and oxygen atoms in total. The third-order valence-electron chi connectivity index (χ3n) is 4.80. The first-order chi connectivity index (χ1) is 10.6. The van der Waals surface area contributed by atoms with Crippen LogP contribution in [0.4, 0.5) is 5.69 Å². The van der Waals surface area contributed by atoms with E-state index in [1.807, 2.05) is 26.4 Å². The summed E-state index contributed by atoms with van der Waals surface area (Å²) in [5, 5.41) is 6.39. The maximum atomic E-state index is 12.5. The Labute approximate surface area is 133 Å². The Morgan fingerprint density at radius 2 is 2.32 bits per heavy atom. The highest BCUT2D eigenvalue weighted by Crippen LogP contribution is 2.32. The lowest BCUT2D eigenvalue weighted by molar-refractivity contribution is 0.0919. The van der Waals surface area contributed by atoms with Crippen molar-refractivity contribution in [1.82, 2.24) is 15.2 Å². The number of carbonyl (C=O) groups is 1. The van der Waals surface area contributed by atoms with Gasteiger partial charge in [-0.25, -0.2) is 4.98 Å². The number of hydrogen-bond donors (Lipinski definition) is 1. The van der Waals surface area contributed by atoms with Crippen LogP contribution < -0.4 is 10.2 Å². The van der Waals surface area contributed by atoms with E-state index in [0.29, 0.717) is 11.6 Å². The molecule has 2 aromatic heterocycles. The van der Waals surface area contributed by atoms with Crippen LogP contribution in [0.15, 0.2) is 17.6 Å². The van der Waals surface area contributed by atoms with Crippen molar-refractivity contribution in [2.24, 2.45) is 5.92 Å². The van der Waals surface area contributed by atoms with Gasteiger partial charge in [0.25, 0.3) is 5.91 Å². The number of thiophene rings is 1. The lowest BCUT2D eigenvalue weighted by Crippen LogP contribution is -2.43. The number of piperidine rings is 1. The van der Waals surface area contributed by atoms with Crippen LogP contribution in [0.2, 0.25) is 0 Å². The second-order valence-corrected chi connectivity index (χ2v) is 7.38. The van der Waals surface area contributed by atoms with Gasteiger partial charge in [0.15, 0.2) is 0 Å². The lowest BCUT2D eigenvalue weighted by atomic mass is 10.00. The van der Waals surface area contributed by atoms with E-state index in [4.69, 9.17) is 0 Å². The number of hydrogen-bond acceptors (Lipinski definition) is 5. The third-order valence-corrected chi connectivity index (χ3v) is 5.72. The quantitative estimate of drug-likeness (QED) is 0.938. The Kier molecular flexibility index (Phi) is 3.31. The number of fused-ring (bicyclic) bond motifs is 3.